The Morgan fingerprint density at radius 2 is 1.89 bits per heavy atom. The van der Waals surface area contributed by atoms with E-state index in [0.29, 0.717) is 12.0 Å². The Morgan fingerprint density at radius 1 is 1.21 bits per heavy atom. The summed E-state index contributed by atoms with van der Waals surface area (Å²) in [6, 6.07) is 9.78. The minimum Gasteiger partial charge on any atom is -0.445 e. The molecule has 0 unspecified atom stereocenters. The van der Waals surface area contributed by atoms with Crippen LogP contribution in [0.4, 0.5) is 4.79 Å². The first-order chi connectivity index (χ1) is 9.27. The zero-order valence-corrected chi connectivity index (χ0v) is 11.0. The normalized spacial score (nSPS) is 20.9. The van der Waals surface area contributed by atoms with Gasteiger partial charge in [0.25, 0.3) is 0 Å². The minimum atomic E-state index is -0.195. The van der Waals surface area contributed by atoms with Crippen molar-refractivity contribution in [1.29, 1.82) is 0 Å². The third kappa shape index (κ3) is 2.73. The number of rotatable bonds is 2. The summed E-state index contributed by atoms with van der Waals surface area (Å²) in [4.78, 5) is 13.8. The average molecular weight is 261 g/mol. The smallest absolute Gasteiger partial charge is 0.410 e. The van der Waals surface area contributed by atoms with Crippen LogP contribution < -0.4 is 0 Å². The highest BCUT2D eigenvalue weighted by molar-refractivity contribution is 5.67. The van der Waals surface area contributed by atoms with E-state index in [2.05, 4.69) is 0 Å². The van der Waals surface area contributed by atoms with Crippen molar-refractivity contribution in [3.8, 4) is 0 Å². The van der Waals surface area contributed by atoms with E-state index in [1.165, 1.54) is 0 Å². The number of hydrogen-bond donors (Lipinski definition) is 0. The van der Waals surface area contributed by atoms with Crippen LogP contribution in [-0.2, 0) is 16.1 Å². The second-order valence-electron chi connectivity index (χ2n) is 5.52. The SMILES string of the molecule is O=C(OCc1ccccc1)N1CCC2(CC1)COC2. The molecule has 0 aliphatic carbocycles. The van der Waals surface area contributed by atoms with Crippen LogP contribution in [0, 0.1) is 5.41 Å². The molecule has 102 valence electrons. The Kier molecular flexibility index (Phi) is 3.42. The van der Waals surface area contributed by atoms with Crippen LogP contribution in [0.2, 0.25) is 0 Å². The van der Waals surface area contributed by atoms with Crippen LogP contribution in [0.5, 0.6) is 0 Å². The first-order valence-electron chi connectivity index (χ1n) is 6.81. The summed E-state index contributed by atoms with van der Waals surface area (Å²) >= 11 is 0. The lowest BCUT2D eigenvalue weighted by atomic mass is 9.77. The van der Waals surface area contributed by atoms with E-state index < -0.39 is 0 Å². The Bertz CT molecular complexity index is 432. The van der Waals surface area contributed by atoms with Gasteiger partial charge < -0.3 is 14.4 Å². The fraction of sp³-hybridized carbons (Fsp3) is 0.533. The van der Waals surface area contributed by atoms with Gasteiger partial charge in [-0.25, -0.2) is 4.79 Å². The van der Waals surface area contributed by atoms with E-state index in [0.717, 1.165) is 44.7 Å². The maximum Gasteiger partial charge on any atom is 0.410 e. The number of nitrogens with zero attached hydrogens (tertiary/aromatic N) is 1. The molecule has 0 saturated carbocycles. The minimum absolute atomic E-state index is 0.195. The Hall–Kier alpha value is -1.55. The fourth-order valence-electron chi connectivity index (χ4n) is 2.65. The quantitative estimate of drug-likeness (QED) is 0.820. The maximum absolute atomic E-state index is 12.0. The highest BCUT2D eigenvalue weighted by Crippen LogP contribution is 2.38. The highest BCUT2D eigenvalue weighted by atomic mass is 16.6. The van der Waals surface area contributed by atoms with Gasteiger partial charge in [0.1, 0.15) is 6.61 Å². The summed E-state index contributed by atoms with van der Waals surface area (Å²) in [5.74, 6) is 0. The van der Waals surface area contributed by atoms with Crippen LogP contribution in [-0.4, -0.2) is 37.3 Å². The first kappa shape index (κ1) is 12.5. The Labute approximate surface area is 113 Å². The van der Waals surface area contributed by atoms with Gasteiger partial charge >= 0.3 is 6.09 Å². The summed E-state index contributed by atoms with van der Waals surface area (Å²) in [7, 11) is 0. The van der Waals surface area contributed by atoms with E-state index in [1.807, 2.05) is 35.2 Å². The van der Waals surface area contributed by atoms with E-state index in [9.17, 15) is 4.79 Å². The molecule has 1 aromatic carbocycles. The fourth-order valence-corrected chi connectivity index (χ4v) is 2.65. The molecule has 4 nitrogen and oxygen atoms in total. The average Bonchev–Trinajstić information content (AvgIpc) is 2.44. The number of likely N-dealkylation sites (tertiary alicyclic amines) is 1. The van der Waals surface area contributed by atoms with Crippen molar-refractivity contribution >= 4 is 6.09 Å². The van der Waals surface area contributed by atoms with E-state index in [4.69, 9.17) is 9.47 Å². The van der Waals surface area contributed by atoms with Crippen LogP contribution in [0.25, 0.3) is 0 Å². The van der Waals surface area contributed by atoms with Crippen molar-refractivity contribution in [3.63, 3.8) is 0 Å². The van der Waals surface area contributed by atoms with Crippen molar-refractivity contribution in [3.05, 3.63) is 35.9 Å². The first-order valence-corrected chi connectivity index (χ1v) is 6.81. The van der Waals surface area contributed by atoms with Crippen LogP contribution in [0.15, 0.2) is 30.3 Å². The number of ether oxygens (including phenoxy) is 2. The number of piperidine rings is 1. The van der Waals surface area contributed by atoms with Crippen molar-refractivity contribution in [2.45, 2.75) is 19.4 Å². The Balaban J connectivity index is 1.46. The standard InChI is InChI=1S/C15H19NO3/c17-14(19-10-13-4-2-1-3-5-13)16-8-6-15(7-9-16)11-18-12-15/h1-5H,6-12H2. The molecule has 1 spiro atoms. The zero-order valence-electron chi connectivity index (χ0n) is 11.0. The summed E-state index contributed by atoms with van der Waals surface area (Å²) in [6.45, 7) is 3.65. The number of carbonyl (C=O) groups excluding carboxylic acids is 1. The van der Waals surface area contributed by atoms with Gasteiger partial charge in [0.15, 0.2) is 0 Å². The van der Waals surface area contributed by atoms with Crippen LogP contribution in [0.3, 0.4) is 0 Å². The molecule has 2 fully saturated rings. The third-order valence-electron chi connectivity index (χ3n) is 4.10. The topological polar surface area (TPSA) is 38.8 Å². The van der Waals surface area contributed by atoms with Crippen molar-refractivity contribution in [2.75, 3.05) is 26.3 Å². The van der Waals surface area contributed by atoms with Crippen molar-refractivity contribution < 1.29 is 14.3 Å². The number of amides is 1. The number of hydrogen-bond acceptors (Lipinski definition) is 3. The molecule has 0 bridgehead atoms. The molecule has 2 saturated heterocycles. The van der Waals surface area contributed by atoms with Crippen molar-refractivity contribution in [1.82, 2.24) is 4.90 Å². The van der Waals surface area contributed by atoms with E-state index in [1.54, 1.807) is 0 Å². The van der Waals surface area contributed by atoms with Crippen molar-refractivity contribution in [2.24, 2.45) is 5.41 Å². The molecule has 1 amide bonds. The second kappa shape index (κ2) is 5.21. The molecule has 3 rings (SSSR count). The van der Waals surface area contributed by atoms with Gasteiger partial charge in [-0.05, 0) is 18.4 Å². The molecular weight excluding hydrogens is 242 g/mol. The zero-order chi connectivity index (χ0) is 13.1. The lowest BCUT2D eigenvalue weighted by Gasteiger charge is -2.46. The van der Waals surface area contributed by atoms with Gasteiger partial charge in [-0.1, -0.05) is 30.3 Å². The molecule has 2 heterocycles. The highest BCUT2D eigenvalue weighted by Gasteiger charge is 2.42. The van der Waals surface area contributed by atoms with E-state index >= 15 is 0 Å². The molecule has 2 aliphatic rings. The molecule has 0 radical (unpaired) electrons. The predicted molar refractivity (Wildman–Crippen MR) is 70.7 cm³/mol. The van der Waals surface area contributed by atoms with Gasteiger partial charge in [-0.2, -0.15) is 0 Å². The molecule has 1 aromatic rings. The molecular formula is C15H19NO3. The van der Waals surface area contributed by atoms with E-state index in [-0.39, 0.29) is 6.09 Å². The number of carbonyl (C=O) groups is 1. The molecule has 2 aliphatic heterocycles. The molecule has 0 N–H and O–H groups in total. The summed E-state index contributed by atoms with van der Waals surface area (Å²) in [5.41, 5.74) is 1.38. The predicted octanol–water partition coefficient (Wildman–Crippen LogP) is 2.44. The summed E-state index contributed by atoms with van der Waals surface area (Å²) < 4.78 is 10.6. The molecule has 4 heteroatoms. The third-order valence-corrected chi connectivity index (χ3v) is 4.10. The van der Waals surface area contributed by atoms with Gasteiger partial charge in [-0.15, -0.1) is 0 Å². The summed E-state index contributed by atoms with van der Waals surface area (Å²) in [6.07, 6.45) is 1.87. The monoisotopic (exact) mass is 261 g/mol. The lowest BCUT2D eigenvalue weighted by molar-refractivity contribution is -0.137. The number of benzene rings is 1. The molecule has 19 heavy (non-hydrogen) atoms. The summed E-state index contributed by atoms with van der Waals surface area (Å²) in [5, 5.41) is 0. The lowest BCUT2D eigenvalue weighted by Crippen LogP contribution is -2.52. The van der Waals surface area contributed by atoms with Crippen LogP contribution >= 0.6 is 0 Å². The maximum atomic E-state index is 12.0. The second-order valence-corrected chi connectivity index (χ2v) is 5.52. The molecule has 0 atom stereocenters. The largest absolute Gasteiger partial charge is 0.445 e. The van der Waals surface area contributed by atoms with Gasteiger partial charge in [0.2, 0.25) is 0 Å². The molecule has 0 aromatic heterocycles. The van der Waals surface area contributed by atoms with Gasteiger partial charge in [-0.3, -0.25) is 0 Å². The Morgan fingerprint density at radius 3 is 2.47 bits per heavy atom. The van der Waals surface area contributed by atoms with Gasteiger partial charge in [0.05, 0.1) is 13.2 Å². The van der Waals surface area contributed by atoms with Gasteiger partial charge in [0, 0.05) is 18.5 Å². The van der Waals surface area contributed by atoms with Crippen LogP contribution in [0.1, 0.15) is 18.4 Å².